The Bertz CT molecular complexity index is 350. The van der Waals surface area contributed by atoms with Crippen molar-refractivity contribution in [2.24, 2.45) is 0 Å². The van der Waals surface area contributed by atoms with E-state index in [1.807, 2.05) is 23.1 Å². The maximum atomic E-state index is 11.7. The summed E-state index contributed by atoms with van der Waals surface area (Å²) in [4.78, 5) is 13.7. The largest absolute Gasteiger partial charge is 0.323 e. The molecule has 1 aromatic rings. The van der Waals surface area contributed by atoms with Crippen molar-refractivity contribution in [3.8, 4) is 0 Å². The lowest BCUT2D eigenvalue weighted by atomic mass is 10.2. The molecule has 0 unspecified atom stereocenters. The molecule has 0 saturated carbocycles. The first-order chi connectivity index (χ1) is 7.20. The summed E-state index contributed by atoms with van der Waals surface area (Å²) in [6.45, 7) is 4.14. The summed E-state index contributed by atoms with van der Waals surface area (Å²) in [7, 11) is 0. The van der Waals surface area contributed by atoms with Gasteiger partial charge < -0.3 is 4.90 Å². The number of benzene rings is 1. The Morgan fingerprint density at radius 1 is 1.33 bits per heavy atom. The summed E-state index contributed by atoms with van der Waals surface area (Å²) in [6.07, 6.45) is 0. The highest BCUT2D eigenvalue weighted by Crippen LogP contribution is 2.39. The first-order valence-electron chi connectivity index (χ1n) is 5.18. The second-order valence-corrected chi connectivity index (χ2v) is 5.04. The van der Waals surface area contributed by atoms with Crippen LogP contribution in [-0.4, -0.2) is 22.6 Å². The number of hydrogen-bond donors (Lipinski definition) is 0. The minimum Gasteiger partial charge on any atom is -0.323 e. The second kappa shape index (κ2) is 4.27. The number of carbonyl (C=O) groups is 1. The number of hydrogen-bond acceptors (Lipinski definition) is 2. The monoisotopic (exact) mass is 221 g/mol. The summed E-state index contributed by atoms with van der Waals surface area (Å²) >= 11 is 1.72. The maximum Gasteiger partial charge on any atom is 0.234 e. The van der Waals surface area contributed by atoms with E-state index in [4.69, 9.17) is 0 Å². The SMILES string of the molecule is CC(C)N1C(=O)CS[C@@H]1c1ccccc1. The van der Waals surface area contributed by atoms with Gasteiger partial charge in [-0.25, -0.2) is 0 Å². The van der Waals surface area contributed by atoms with Crippen LogP contribution in [0.5, 0.6) is 0 Å². The molecule has 1 aliphatic rings. The Morgan fingerprint density at radius 2 is 2.00 bits per heavy atom. The van der Waals surface area contributed by atoms with Crippen molar-refractivity contribution in [1.82, 2.24) is 4.90 Å². The van der Waals surface area contributed by atoms with Gasteiger partial charge in [-0.3, -0.25) is 4.79 Å². The summed E-state index contributed by atoms with van der Waals surface area (Å²) < 4.78 is 0. The fourth-order valence-corrected chi connectivity index (χ4v) is 3.19. The van der Waals surface area contributed by atoms with E-state index in [1.54, 1.807) is 11.8 Å². The smallest absolute Gasteiger partial charge is 0.234 e. The van der Waals surface area contributed by atoms with Crippen molar-refractivity contribution in [2.75, 3.05) is 5.75 Å². The fraction of sp³-hybridized carbons (Fsp3) is 0.417. The van der Waals surface area contributed by atoms with E-state index < -0.39 is 0 Å². The van der Waals surface area contributed by atoms with Gasteiger partial charge in [0.25, 0.3) is 0 Å². The minimum absolute atomic E-state index is 0.207. The molecule has 1 amide bonds. The number of thioether (sulfide) groups is 1. The number of nitrogens with zero attached hydrogens (tertiary/aromatic N) is 1. The lowest BCUT2D eigenvalue weighted by molar-refractivity contribution is -0.129. The average Bonchev–Trinajstić information content (AvgIpc) is 2.61. The lowest BCUT2D eigenvalue weighted by Gasteiger charge is -2.27. The minimum atomic E-state index is 0.207. The first-order valence-corrected chi connectivity index (χ1v) is 6.22. The Balaban J connectivity index is 2.26. The highest BCUT2D eigenvalue weighted by Gasteiger charge is 2.34. The second-order valence-electron chi connectivity index (χ2n) is 3.97. The van der Waals surface area contributed by atoms with Gasteiger partial charge >= 0.3 is 0 Å². The molecule has 0 spiro atoms. The molecule has 0 aliphatic carbocycles. The summed E-state index contributed by atoms with van der Waals surface area (Å²) in [5, 5.41) is 0.207. The van der Waals surface area contributed by atoms with Crippen LogP contribution < -0.4 is 0 Å². The molecular weight excluding hydrogens is 206 g/mol. The maximum absolute atomic E-state index is 11.7. The lowest BCUT2D eigenvalue weighted by Crippen LogP contribution is -2.34. The molecule has 1 saturated heterocycles. The van der Waals surface area contributed by atoms with Gasteiger partial charge in [-0.1, -0.05) is 30.3 Å². The van der Waals surface area contributed by atoms with Crippen LogP contribution in [0.1, 0.15) is 24.8 Å². The number of rotatable bonds is 2. The zero-order valence-corrected chi connectivity index (χ0v) is 9.83. The third kappa shape index (κ3) is 2.02. The van der Waals surface area contributed by atoms with E-state index >= 15 is 0 Å². The molecule has 1 atom stereocenters. The van der Waals surface area contributed by atoms with Crippen molar-refractivity contribution in [2.45, 2.75) is 25.3 Å². The fourth-order valence-electron chi connectivity index (χ4n) is 1.87. The van der Waals surface area contributed by atoms with Gasteiger partial charge in [0.05, 0.1) is 5.75 Å². The number of carbonyl (C=O) groups excluding carboxylic acids is 1. The third-order valence-electron chi connectivity index (χ3n) is 2.55. The quantitative estimate of drug-likeness (QED) is 0.765. The average molecular weight is 221 g/mol. The van der Waals surface area contributed by atoms with Gasteiger partial charge in [0.15, 0.2) is 0 Å². The van der Waals surface area contributed by atoms with Crippen molar-refractivity contribution < 1.29 is 4.79 Å². The van der Waals surface area contributed by atoms with Crippen LogP contribution in [0, 0.1) is 0 Å². The standard InChI is InChI=1S/C12H15NOS/c1-9(2)13-11(14)8-15-12(13)10-6-4-3-5-7-10/h3-7,9,12H,8H2,1-2H3/t12-/m1/s1. The molecule has 3 heteroatoms. The highest BCUT2D eigenvalue weighted by molar-refractivity contribution is 8.00. The van der Waals surface area contributed by atoms with Gasteiger partial charge in [0.2, 0.25) is 5.91 Å². The van der Waals surface area contributed by atoms with Gasteiger partial charge in [-0.05, 0) is 19.4 Å². The van der Waals surface area contributed by atoms with Crippen LogP contribution >= 0.6 is 11.8 Å². The molecule has 2 nitrogen and oxygen atoms in total. The molecule has 1 aromatic carbocycles. The third-order valence-corrected chi connectivity index (χ3v) is 3.78. The van der Waals surface area contributed by atoms with Crippen molar-refractivity contribution in [1.29, 1.82) is 0 Å². The van der Waals surface area contributed by atoms with E-state index in [1.165, 1.54) is 5.56 Å². The van der Waals surface area contributed by atoms with Crippen molar-refractivity contribution >= 4 is 17.7 Å². The van der Waals surface area contributed by atoms with Gasteiger partial charge in [-0.2, -0.15) is 0 Å². The van der Waals surface area contributed by atoms with Crippen LogP contribution in [0.3, 0.4) is 0 Å². The molecule has 1 fully saturated rings. The first kappa shape index (κ1) is 10.6. The topological polar surface area (TPSA) is 20.3 Å². The van der Waals surface area contributed by atoms with Crippen LogP contribution in [0.4, 0.5) is 0 Å². The van der Waals surface area contributed by atoms with E-state index in [0.717, 1.165) is 0 Å². The molecule has 0 N–H and O–H groups in total. The van der Waals surface area contributed by atoms with Crippen LogP contribution in [0.2, 0.25) is 0 Å². The van der Waals surface area contributed by atoms with Gasteiger partial charge in [0, 0.05) is 6.04 Å². The van der Waals surface area contributed by atoms with E-state index in [0.29, 0.717) is 5.75 Å². The molecule has 2 rings (SSSR count). The molecule has 1 aliphatic heterocycles. The molecule has 1 heterocycles. The van der Waals surface area contributed by atoms with Crippen molar-refractivity contribution in [3.63, 3.8) is 0 Å². The Hall–Kier alpha value is -0.960. The van der Waals surface area contributed by atoms with E-state index in [-0.39, 0.29) is 17.3 Å². The molecule has 0 radical (unpaired) electrons. The van der Waals surface area contributed by atoms with Crippen LogP contribution in [0.15, 0.2) is 30.3 Å². The van der Waals surface area contributed by atoms with Crippen LogP contribution in [-0.2, 0) is 4.79 Å². The summed E-state index contributed by atoms with van der Waals surface area (Å²) in [6, 6.07) is 10.5. The van der Waals surface area contributed by atoms with Gasteiger partial charge in [-0.15, -0.1) is 11.8 Å². The molecule has 15 heavy (non-hydrogen) atoms. The molecule has 0 aromatic heterocycles. The molecule has 80 valence electrons. The normalized spacial score (nSPS) is 21.4. The Labute approximate surface area is 94.7 Å². The van der Waals surface area contributed by atoms with E-state index in [2.05, 4.69) is 26.0 Å². The van der Waals surface area contributed by atoms with Crippen molar-refractivity contribution in [3.05, 3.63) is 35.9 Å². The van der Waals surface area contributed by atoms with E-state index in [9.17, 15) is 4.79 Å². The summed E-state index contributed by atoms with van der Waals surface area (Å²) in [5.41, 5.74) is 1.22. The Morgan fingerprint density at radius 3 is 2.60 bits per heavy atom. The highest BCUT2D eigenvalue weighted by atomic mass is 32.2. The Kier molecular flexibility index (Phi) is 3.00. The van der Waals surface area contributed by atoms with Crippen LogP contribution in [0.25, 0.3) is 0 Å². The number of amides is 1. The van der Waals surface area contributed by atoms with Gasteiger partial charge in [0.1, 0.15) is 5.37 Å². The zero-order valence-electron chi connectivity index (χ0n) is 9.01. The molecule has 0 bridgehead atoms. The predicted octanol–water partition coefficient (Wildman–Crippen LogP) is 2.67. The zero-order chi connectivity index (χ0) is 10.8. The molecular formula is C12H15NOS. The predicted molar refractivity (Wildman–Crippen MR) is 63.6 cm³/mol. The summed E-state index contributed by atoms with van der Waals surface area (Å²) in [5.74, 6) is 0.862.